The Hall–Kier alpha value is -1.90. The summed E-state index contributed by atoms with van der Waals surface area (Å²) in [4.78, 5) is 23.4. The van der Waals surface area contributed by atoms with Crippen LogP contribution in [-0.2, 0) is 9.53 Å². The highest BCUT2D eigenvalue weighted by atomic mass is 16.5. The predicted molar refractivity (Wildman–Crippen MR) is 60.2 cm³/mol. The lowest BCUT2D eigenvalue weighted by Gasteiger charge is -2.15. The molecule has 1 aliphatic carbocycles. The molecule has 0 fully saturated rings. The number of hydrogen-bond donors (Lipinski definition) is 0. The van der Waals surface area contributed by atoms with E-state index in [1.807, 2.05) is 19.9 Å². The van der Waals surface area contributed by atoms with Crippen molar-refractivity contribution in [1.82, 2.24) is 0 Å². The first-order valence-corrected chi connectivity index (χ1v) is 5.00. The standard InChI is InChI=1S/C13H12O3/c1-7-4-9-6-11(16-3)13(15)12(14)10(9)5-8(7)2/h4-6H,1-3H3. The minimum Gasteiger partial charge on any atom is -0.492 e. The molecule has 1 aromatic carbocycles. The Balaban J connectivity index is 2.68. The van der Waals surface area contributed by atoms with E-state index in [2.05, 4.69) is 0 Å². The molecule has 0 amide bonds. The number of ketones is 2. The van der Waals surface area contributed by atoms with Crippen LogP contribution in [0.5, 0.6) is 0 Å². The molecule has 1 aromatic rings. The van der Waals surface area contributed by atoms with Gasteiger partial charge in [0.15, 0.2) is 5.76 Å². The normalized spacial score (nSPS) is 14.6. The lowest BCUT2D eigenvalue weighted by molar-refractivity contribution is -0.114. The quantitative estimate of drug-likeness (QED) is 0.675. The number of hydrogen-bond acceptors (Lipinski definition) is 3. The SMILES string of the molecule is COC1=Cc2cc(C)c(C)cc2C(=O)C1=O. The molecule has 3 nitrogen and oxygen atoms in total. The lowest BCUT2D eigenvalue weighted by Crippen LogP contribution is -2.22. The molecular formula is C13H12O3. The second-order valence-electron chi connectivity index (χ2n) is 3.89. The van der Waals surface area contributed by atoms with Crippen LogP contribution in [0.2, 0.25) is 0 Å². The lowest BCUT2D eigenvalue weighted by atomic mass is 9.90. The Labute approximate surface area is 93.7 Å². The third kappa shape index (κ3) is 1.45. The zero-order valence-corrected chi connectivity index (χ0v) is 9.46. The van der Waals surface area contributed by atoms with Gasteiger partial charge in [-0.3, -0.25) is 9.59 Å². The summed E-state index contributed by atoms with van der Waals surface area (Å²) in [5.41, 5.74) is 3.32. The van der Waals surface area contributed by atoms with Crippen LogP contribution >= 0.6 is 0 Å². The van der Waals surface area contributed by atoms with Gasteiger partial charge in [-0.2, -0.15) is 0 Å². The van der Waals surface area contributed by atoms with Gasteiger partial charge in [0.05, 0.1) is 7.11 Å². The Morgan fingerprint density at radius 2 is 1.62 bits per heavy atom. The largest absolute Gasteiger partial charge is 0.492 e. The third-order valence-corrected chi connectivity index (χ3v) is 2.85. The van der Waals surface area contributed by atoms with E-state index in [1.165, 1.54) is 7.11 Å². The van der Waals surface area contributed by atoms with Crippen molar-refractivity contribution >= 4 is 17.6 Å². The van der Waals surface area contributed by atoms with Gasteiger partial charge in [0, 0.05) is 5.56 Å². The molecule has 0 saturated carbocycles. The third-order valence-electron chi connectivity index (χ3n) is 2.85. The summed E-state index contributed by atoms with van der Waals surface area (Å²) in [5.74, 6) is -0.948. The molecule has 0 atom stereocenters. The van der Waals surface area contributed by atoms with E-state index in [9.17, 15) is 9.59 Å². The number of carbonyl (C=O) groups excluding carboxylic acids is 2. The number of methoxy groups -OCH3 is 1. The highest BCUT2D eigenvalue weighted by Crippen LogP contribution is 2.25. The number of fused-ring (bicyclic) bond motifs is 1. The summed E-state index contributed by atoms with van der Waals surface area (Å²) in [6.07, 6.45) is 1.62. The first kappa shape index (κ1) is 10.6. The van der Waals surface area contributed by atoms with E-state index in [0.717, 1.165) is 16.7 Å². The van der Waals surface area contributed by atoms with Crippen molar-refractivity contribution < 1.29 is 14.3 Å². The van der Waals surface area contributed by atoms with E-state index in [-0.39, 0.29) is 5.76 Å². The fourth-order valence-corrected chi connectivity index (χ4v) is 1.75. The molecule has 0 radical (unpaired) electrons. The van der Waals surface area contributed by atoms with Crippen LogP contribution in [0.4, 0.5) is 0 Å². The van der Waals surface area contributed by atoms with Crippen molar-refractivity contribution in [3.63, 3.8) is 0 Å². The number of Topliss-reactive ketones (excluding diaryl/α,β-unsaturated/α-hetero) is 2. The fourth-order valence-electron chi connectivity index (χ4n) is 1.75. The molecule has 0 spiro atoms. The van der Waals surface area contributed by atoms with Crippen molar-refractivity contribution in [3.8, 4) is 0 Å². The van der Waals surface area contributed by atoms with Crippen molar-refractivity contribution in [2.45, 2.75) is 13.8 Å². The molecule has 0 bridgehead atoms. The van der Waals surface area contributed by atoms with Crippen LogP contribution in [-0.4, -0.2) is 18.7 Å². The minimum absolute atomic E-state index is 0.112. The Kier molecular flexibility index (Phi) is 2.38. The van der Waals surface area contributed by atoms with Crippen molar-refractivity contribution in [2.24, 2.45) is 0 Å². The molecule has 1 aliphatic rings. The molecule has 16 heavy (non-hydrogen) atoms. The summed E-state index contributed by atoms with van der Waals surface area (Å²) in [7, 11) is 1.39. The topological polar surface area (TPSA) is 43.4 Å². The van der Waals surface area contributed by atoms with Gasteiger partial charge >= 0.3 is 0 Å². The number of benzene rings is 1. The molecular weight excluding hydrogens is 204 g/mol. The van der Waals surface area contributed by atoms with E-state index in [1.54, 1.807) is 12.1 Å². The van der Waals surface area contributed by atoms with Crippen molar-refractivity contribution in [2.75, 3.05) is 7.11 Å². The molecule has 3 heteroatoms. The molecule has 0 aromatic heterocycles. The summed E-state index contributed by atoms with van der Waals surface area (Å²) >= 11 is 0. The zero-order valence-electron chi connectivity index (χ0n) is 9.46. The van der Waals surface area contributed by atoms with Crippen molar-refractivity contribution in [3.05, 3.63) is 40.1 Å². The molecule has 0 heterocycles. The molecule has 0 N–H and O–H groups in total. The highest BCUT2D eigenvalue weighted by molar-refractivity contribution is 6.51. The summed E-state index contributed by atoms with van der Waals surface area (Å²) in [5, 5.41) is 0. The monoisotopic (exact) mass is 216 g/mol. The maximum absolute atomic E-state index is 11.8. The summed E-state index contributed by atoms with van der Waals surface area (Å²) < 4.78 is 4.89. The van der Waals surface area contributed by atoms with E-state index >= 15 is 0 Å². The Bertz CT molecular complexity index is 524. The average Bonchev–Trinajstić information content (AvgIpc) is 2.26. The molecule has 82 valence electrons. The average molecular weight is 216 g/mol. The van der Waals surface area contributed by atoms with E-state index in [4.69, 9.17) is 4.74 Å². The smallest absolute Gasteiger partial charge is 0.267 e. The number of ether oxygens (including phenoxy) is 1. The summed E-state index contributed by atoms with van der Waals surface area (Å²) in [6.45, 7) is 3.89. The first-order chi connectivity index (χ1) is 7.54. The highest BCUT2D eigenvalue weighted by Gasteiger charge is 2.28. The number of aryl methyl sites for hydroxylation is 2. The minimum atomic E-state index is -0.571. The Morgan fingerprint density at radius 1 is 1.00 bits per heavy atom. The molecule has 0 saturated heterocycles. The van der Waals surface area contributed by atoms with Gasteiger partial charge < -0.3 is 4.74 Å². The summed E-state index contributed by atoms with van der Waals surface area (Å²) in [6, 6.07) is 3.65. The van der Waals surface area contributed by atoms with Crippen LogP contribution in [0.1, 0.15) is 27.0 Å². The van der Waals surface area contributed by atoms with Gasteiger partial charge in [-0.15, -0.1) is 0 Å². The number of carbonyl (C=O) groups is 2. The first-order valence-electron chi connectivity index (χ1n) is 5.00. The van der Waals surface area contributed by atoms with Crippen LogP contribution in [0.25, 0.3) is 6.08 Å². The van der Waals surface area contributed by atoms with Crippen LogP contribution in [0.15, 0.2) is 17.9 Å². The van der Waals surface area contributed by atoms with Crippen LogP contribution < -0.4 is 0 Å². The number of rotatable bonds is 1. The zero-order chi connectivity index (χ0) is 11.9. The maximum Gasteiger partial charge on any atom is 0.267 e. The number of allylic oxidation sites excluding steroid dienone is 1. The van der Waals surface area contributed by atoms with Crippen molar-refractivity contribution in [1.29, 1.82) is 0 Å². The van der Waals surface area contributed by atoms with Gasteiger partial charge in [-0.25, -0.2) is 0 Å². The molecule has 2 rings (SSSR count). The van der Waals surface area contributed by atoms with Gasteiger partial charge in [0.25, 0.3) is 5.78 Å². The van der Waals surface area contributed by atoms with Gasteiger partial charge in [-0.05, 0) is 42.7 Å². The maximum atomic E-state index is 11.8. The second kappa shape index (κ2) is 3.59. The van der Waals surface area contributed by atoms with Gasteiger partial charge in [0.1, 0.15) is 0 Å². The molecule has 0 aliphatic heterocycles. The fraction of sp³-hybridized carbons (Fsp3) is 0.231. The van der Waals surface area contributed by atoms with Gasteiger partial charge in [0.2, 0.25) is 5.78 Å². The van der Waals surface area contributed by atoms with Crippen LogP contribution in [0.3, 0.4) is 0 Å². The van der Waals surface area contributed by atoms with E-state index in [0.29, 0.717) is 5.56 Å². The second-order valence-corrected chi connectivity index (χ2v) is 3.89. The molecule has 0 unspecified atom stereocenters. The Morgan fingerprint density at radius 3 is 2.25 bits per heavy atom. The van der Waals surface area contributed by atoms with Crippen LogP contribution in [0, 0.1) is 13.8 Å². The predicted octanol–water partition coefficient (Wildman–Crippen LogP) is 2.06. The van der Waals surface area contributed by atoms with Gasteiger partial charge in [-0.1, -0.05) is 6.07 Å². The van der Waals surface area contributed by atoms with E-state index < -0.39 is 11.6 Å².